The first-order valence-corrected chi connectivity index (χ1v) is 7.92. The Hall–Kier alpha value is -1.10. The Kier molecular flexibility index (Phi) is 6.03. The monoisotopic (exact) mass is 309 g/mol. The molecule has 0 bridgehead atoms. The molecule has 0 saturated carbocycles. The number of nitrogens with zero attached hydrogens (tertiary/aromatic N) is 1. The van der Waals surface area contributed by atoms with Gasteiger partial charge < -0.3 is 15.5 Å². The molecular formula is C16H24ClN3O. The zero-order valence-electron chi connectivity index (χ0n) is 12.7. The molecule has 4 nitrogen and oxygen atoms in total. The highest BCUT2D eigenvalue weighted by molar-refractivity contribution is 6.30. The van der Waals surface area contributed by atoms with Gasteiger partial charge in [-0.05, 0) is 57.5 Å². The second-order valence-electron chi connectivity index (χ2n) is 5.93. The Morgan fingerprint density at radius 2 is 2.29 bits per heavy atom. The normalized spacial score (nSPS) is 19.1. The summed E-state index contributed by atoms with van der Waals surface area (Å²) < 4.78 is 0. The van der Waals surface area contributed by atoms with Gasteiger partial charge in [0.2, 0.25) is 5.91 Å². The van der Waals surface area contributed by atoms with E-state index in [2.05, 4.69) is 29.4 Å². The van der Waals surface area contributed by atoms with E-state index in [1.54, 1.807) is 12.1 Å². The predicted molar refractivity (Wildman–Crippen MR) is 87.8 cm³/mol. The van der Waals surface area contributed by atoms with E-state index in [0.29, 0.717) is 23.5 Å². The van der Waals surface area contributed by atoms with Gasteiger partial charge >= 0.3 is 0 Å². The van der Waals surface area contributed by atoms with Crippen LogP contribution in [0.4, 0.5) is 5.69 Å². The number of halogens is 1. The van der Waals surface area contributed by atoms with Crippen LogP contribution in [0.1, 0.15) is 20.3 Å². The minimum absolute atomic E-state index is 0.0315. The number of hydrogen-bond donors (Lipinski definition) is 2. The number of hydrogen-bond acceptors (Lipinski definition) is 3. The Balaban J connectivity index is 1.66. The highest BCUT2D eigenvalue weighted by Crippen LogP contribution is 2.17. The van der Waals surface area contributed by atoms with Crippen molar-refractivity contribution < 1.29 is 4.79 Å². The zero-order chi connectivity index (χ0) is 15.2. The summed E-state index contributed by atoms with van der Waals surface area (Å²) in [5.41, 5.74) is 0.737. The molecule has 0 aromatic heterocycles. The fraction of sp³-hybridized carbons (Fsp3) is 0.562. The van der Waals surface area contributed by atoms with E-state index >= 15 is 0 Å². The second-order valence-corrected chi connectivity index (χ2v) is 6.37. The molecule has 116 valence electrons. The lowest BCUT2D eigenvalue weighted by molar-refractivity contribution is -0.115. The van der Waals surface area contributed by atoms with E-state index in [0.717, 1.165) is 18.8 Å². The van der Waals surface area contributed by atoms with Crippen LogP contribution in [0.25, 0.3) is 0 Å². The number of nitrogens with one attached hydrogen (secondary N) is 2. The van der Waals surface area contributed by atoms with E-state index in [9.17, 15) is 4.79 Å². The average molecular weight is 310 g/mol. The first kappa shape index (κ1) is 16.3. The van der Waals surface area contributed by atoms with E-state index in [-0.39, 0.29) is 5.91 Å². The molecule has 2 rings (SSSR count). The Labute approximate surface area is 131 Å². The molecule has 1 unspecified atom stereocenters. The summed E-state index contributed by atoms with van der Waals surface area (Å²) in [4.78, 5) is 14.3. The summed E-state index contributed by atoms with van der Waals surface area (Å²) in [5, 5.41) is 6.71. The SMILES string of the molecule is CC(C)N1CCC(CNCC(=O)Nc2cccc(Cl)c2)C1. The molecule has 0 radical (unpaired) electrons. The maximum atomic E-state index is 11.8. The van der Waals surface area contributed by atoms with Crippen LogP contribution in [0.15, 0.2) is 24.3 Å². The number of carbonyl (C=O) groups excluding carboxylic acids is 1. The molecule has 2 N–H and O–H groups in total. The average Bonchev–Trinajstić information content (AvgIpc) is 2.87. The minimum atomic E-state index is -0.0315. The molecule has 21 heavy (non-hydrogen) atoms. The van der Waals surface area contributed by atoms with Crippen LogP contribution in [0.5, 0.6) is 0 Å². The van der Waals surface area contributed by atoms with Gasteiger partial charge in [-0.3, -0.25) is 4.79 Å². The van der Waals surface area contributed by atoms with Crippen molar-refractivity contribution in [2.45, 2.75) is 26.3 Å². The van der Waals surface area contributed by atoms with Gasteiger partial charge in [-0.25, -0.2) is 0 Å². The lowest BCUT2D eigenvalue weighted by Gasteiger charge is -2.20. The molecule has 1 atom stereocenters. The van der Waals surface area contributed by atoms with Crippen LogP contribution in [-0.4, -0.2) is 43.0 Å². The minimum Gasteiger partial charge on any atom is -0.325 e. The topological polar surface area (TPSA) is 44.4 Å². The number of likely N-dealkylation sites (tertiary alicyclic amines) is 1. The van der Waals surface area contributed by atoms with Gasteiger partial charge in [-0.2, -0.15) is 0 Å². The van der Waals surface area contributed by atoms with E-state index in [1.165, 1.54) is 13.0 Å². The zero-order valence-corrected chi connectivity index (χ0v) is 13.5. The number of benzene rings is 1. The molecule has 1 saturated heterocycles. The van der Waals surface area contributed by atoms with Gasteiger partial charge in [0.1, 0.15) is 0 Å². The van der Waals surface area contributed by atoms with Gasteiger partial charge in [0.25, 0.3) is 0 Å². The molecule has 1 heterocycles. The van der Waals surface area contributed by atoms with Crippen LogP contribution >= 0.6 is 11.6 Å². The fourth-order valence-electron chi connectivity index (χ4n) is 2.66. The van der Waals surface area contributed by atoms with Crippen molar-refractivity contribution in [3.05, 3.63) is 29.3 Å². The summed E-state index contributed by atoms with van der Waals surface area (Å²) in [5.74, 6) is 0.613. The van der Waals surface area contributed by atoms with Crippen LogP contribution in [0.2, 0.25) is 5.02 Å². The van der Waals surface area contributed by atoms with E-state index < -0.39 is 0 Å². The van der Waals surface area contributed by atoms with Gasteiger partial charge in [0.15, 0.2) is 0 Å². The summed E-state index contributed by atoms with van der Waals surface area (Å²) in [6, 6.07) is 7.81. The standard InChI is InChI=1S/C16H24ClN3O/c1-12(2)20-7-6-13(11-20)9-18-10-16(21)19-15-5-3-4-14(17)8-15/h3-5,8,12-13,18H,6-7,9-11H2,1-2H3,(H,19,21). The molecule has 1 aromatic rings. The van der Waals surface area contributed by atoms with Gasteiger partial charge in [-0.15, -0.1) is 0 Å². The molecular weight excluding hydrogens is 286 g/mol. The van der Waals surface area contributed by atoms with E-state index in [4.69, 9.17) is 11.6 Å². The van der Waals surface area contributed by atoms with Crippen LogP contribution in [0, 0.1) is 5.92 Å². The molecule has 5 heteroatoms. The molecule has 1 amide bonds. The predicted octanol–water partition coefficient (Wildman–Crippen LogP) is 2.60. The van der Waals surface area contributed by atoms with Crippen LogP contribution in [-0.2, 0) is 4.79 Å². The molecule has 1 aliphatic rings. The summed E-state index contributed by atoms with van der Waals surface area (Å²) in [7, 11) is 0. The third-order valence-electron chi connectivity index (χ3n) is 3.87. The maximum absolute atomic E-state index is 11.8. The third-order valence-corrected chi connectivity index (χ3v) is 4.11. The highest BCUT2D eigenvalue weighted by Gasteiger charge is 2.23. The molecule has 1 aliphatic heterocycles. The summed E-state index contributed by atoms with van der Waals surface area (Å²) >= 11 is 5.89. The fourth-order valence-corrected chi connectivity index (χ4v) is 2.85. The summed E-state index contributed by atoms with van der Waals surface area (Å²) in [6.07, 6.45) is 1.21. The van der Waals surface area contributed by atoms with Crippen molar-refractivity contribution >= 4 is 23.2 Å². The maximum Gasteiger partial charge on any atom is 0.238 e. The first-order chi connectivity index (χ1) is 10.0. The first-order valence-electron chi connectivity index (χ1n) is 7.55. The number of rotatable bonds is 6. The van der Waals surface area contributed by atoms with Crippen molar-refractivity contribution in [3.8, 4) is 0 Å². The van der Waals surface area contributed by atoms with Crippen molar-refractivity contribution in [2.24, 2.45) is 5.92 Å². The quantitative estimate of drug-likeness (QED) is 0.849. The van der Waals surface area contributed by atoms with Gasteiger partial charge in [0, 0.05) is 23.3 Å². The van der Waals surface area contributed by atoms with Crippen LogP contribution < -0.4 is 10.6 Å². The molecule has 1 aromatic carbocycles. The van der Waals surface area contributed by atoms with Crippen molar-refractivity contribution in [3.63, 3.8) is 0 Å². The number of anilines is 1. The summed E-state index contributed by atoms with van der Waals surface area (Å²) in [6.45, 7) is 7.98. The van der Waals surface area contributed by atoms with Crippen LogP contribution in [0.3, 0.4) is 0 Å². The highest BCUT2D eigenvalue weighted by atomic mass is 35.5. The third kappa shape index (κ3) is 5.30. The molecule has 0 aliphatic carbocycles. The Bertz CT molecular complexity index is 478. The number of amides is 1. The lowest BCUT2D eigenvalue weighted by atomic mass is 10.1. The lowest BCUT2D eigenvalue weighted by Crippen LogP contribution is -2.34. The Morgan fingerprint density at radius 1 is 1.48 bits per heavy atom. The molecule has 0 spiro atoms. The second kappa shape index (κ2) is 7.78. The molecule has 1 fully saturated rings. The Morgan fingerprint density at radius 3 is 2.95 bits per heavy atom. The largest absolute Gasteiger partial charge is 0.325 e. The van der Waals surface area contributed by atoms with Crippen molar-refractivity contribution in [1.82, 2.24) is 10.2 Å². The van der Waals surface area contributed by atoms with Crippen molar-refractivity contribution in [2.75, 3.05) is 31.5 Å². The van der Waals surface area contributed by atoms with Gasteiger partial charge in [-0.1, -0.05) is 17.7 Å². The van der Waals surface area contributed by atoms with Gasteiger partial charge in [0.05, 0.1) is 6.54 Å². The van der Waals surface area contributed by atoms with Crippen molar-refractivity contribution in [1.29, 1.82) is 0 Å². The number of carbonyl (C=O) groups is 1. The van der Waals surface area contributed by atoms with E-state index in [1.807, 2.05) is 12.1 Å². The smallest absolute Gasteiger partial charge is 0.238 e.